The van der Waals surface area contributed by atoms with Crippen LogP contribution in [0.4, 0.5) is 0 Å². The summed E-state index contributed by atoms with van der Waals surface area (Å²) in [6.07, 6.45) is 10.4. The largest absolute Gasteiger partial charge is 0.488 e. The zero-order chi connectivity index (χ0) is 21.8. The van der Waals surface area contributed by atoms with Crippen LogP contribution in [0.2, 0.25) is 0 Å². The quantitative estimate of drug-likeness (QED) is 0.418. The van der Waals surface area contributed by atoms with E-state index in [9.17, 15) is 0 Å². The summed E-state index contributed by atoms with van der Waals surface area (Å²) in [5.74, 6) is 1.79. The van der Waals surface area contributed by atoms with E-state index in [4.69, 9.17) is 9.47 Å². The Kier molecular flexibility index (Phi) is 6.75. The second kappa shape index (κ2) is 9.12. The van der Waals surface area contributed by atoms with Crippen molar-refractivity contribution in [2.24, 2.45) is 0 Å². The number of ether oxygens (including phenoxy) is 2. The van der Waals surface area contributed by atoms with Gasteiger partial charge in [0.25, 0.3) is 0 Å². The highest BCUT2D eigenvalue weighted by Gasteiger charge is 2.31. The van der Waals surface area contributed by atoms with E-state index in [1.54, 1.807) is 0 Å². The predicted octanol–water partition coefficient (Wildman–Crippen LogP) is 8.31. The lowest BCUT2D eigenvalue weighted by Crippen LogP contribution is -2.30. The van der Waals surface area contributed by atoms with Crippen molar-refractivity contribution < 1.29 is 9.47 Å². The van der Waals surface area contributed by atoms with Crippen LogP contribution in [0.25, 0.3) is 23.3 Å². The molecule has 0 saturated heterocycles. The maximum absolute atomic E-state index is 6.45. The van der Waals surface area contributed by atoms with E-state index in [0.29, 0.717) is 0 Å². The van der Waals surface area contributed by atoms with Crippen molar-refractivity contribution in [2.75, 3.05) is 0 Å². The third kappa shape index (κ3) is 4.80. The lowest BCUT2D eigenvalue weighted by molar-refractivity contribution is 0.0803. The fraction of sp³-hybridized carbons (Fsp3) is 0.429. The van der Waals surface area contributed by atoms with Crippen LogP contribution in [0.15, 0.2) is 49.6 Å². The average Bonchev–Trinajstić information content (AvgIpc) is 3.19. The molecule has 0 heterocycles. The second-order valence-corrected chi connectivity index (χ2v) is 8.92. The molecule has 0 bridgehead atoms. The third-order valence-corrected chi connectivity index (χ3v) is 6.67. The van der Waals surface area contributed by atoms with E-state index < -0.39 is 0 Å². The van der Waals surface area contributed by atoms with Gasteiger partial charge in [0.2, 0.25) is 0 Å². The van der Waals surface area contributed by atoms with E-state index >= 15 is 0 Å². The Balaban J connectivity index is 2.04. The lowest BCUT2D eigenvalue weighted by Gasteiger charge is -2.29. The zero-order valence-corrected chi connectivity index (χ0v) is 19.1. The molecule has 0 amide bonds. The molecule has 2 nitrogen and oxygen atoms in total. The van der Waals surface area contributed by atoms with Gasteiger partial charge in [0, 0.05) is 0 Å². The Labute approximate surface area is 182 Å². The Morgan fingerprint density at radius 2 is 1.40 bits per heavy atom. The fourth-order valence-corrected chi connectivity index (χ4v) is 4.21. The minimum Gasteiger partial charge on any atom is -0.488 e. The second-order valence-electron chi connectivity index (χ2n) is 8.92. The highest BCUT2D eigenvalue weighted by molar-refractivity contribution is 5.83. The van der Waals surface area contributed by atoms with Gasteiger partial charge in [-0.05, 0) is 98.9 Å². The molecule has 2 aromatic rings. The molecule has 0 atom stereocenters. The Hall–Kier alpha value is -2.48. The third-order valence-electron chi connectivity index (χ3n) is 6.67. The number of rotatable bonds is 9. The average molecular weight is 405 g/mol. The predicted molar refractivity (Wildman–Crippen MR) is 129 cm³/mol. The molecule has 0 N–H and O–H groups in total. The van der Waals surface area contributed by atoms with E-state index in [1.165, 1.54) is 12.8 Å². The van der Waals surface area contributed by atoms with E-state index in [0.717, 1.165) is 59.4 Å². The molecule has 0 aliphatic heterocycles. The van der Waals surface area contributed by atoms with Crippen molar-refractivity contribution in [3.05, 3.63) is 60.7 Å². The summed E-state index contributed by atoms with van der Waals surface area (Å²) >= 11 is 0. The molecule has 160 valence electrons. The van der Waals surface area contributed by atoms with Gasteiger partial charge in [-0.3, -0.25) is 0 Å². The Morgan fingerprint density at radius 3 is 1.90 bits per heavy atom. The van der Waals surface area contributed by atoms with Gasteiger partial charge >= 0.3 is 0 Å². The van der Waals surface area contributed by atoms with Crippen molar-refractivity contribution in [1.29, 1.82) is 0 Å². The molecule has 1 saturated carbocycles. The van der Waals surface area contributed by atoms with Crippen molar-refractivity contribution in [3.8, 4) is 22.6 Å². The zero-order valence-electron chi connectivity index (χ0n) is 19.1. The monoisotopic (exact) mass is 404 g/mol. The first-order valence-electron chi connectivity index (χ1n) is 11.3. The van der Waals surface area contributed by atoms with E-state index in [2.05, 4.69) is 71.2 Å². The number of hydrogen-bond donors (Lipinski definition) is 0. The summed E-state index contributed by atoms with van der Waals surface area (Å²) in [4.78, 5) is 0. The Bertz CT molecular complexity index is 839. The van der Waals surface area contributed by atoms with Gasteiger partial charge < -0.3 is 9.47 Å². The van der Waals surface area contributed by atoms with Crippen LogP contribution in [-0.4, -0.2) is 11.2 Å². The molecule has 1 fully saturated rings. The molecule has 0 radical (unpaired) electrons. The summed E-state index contributed by atoms with van der Waals surface area (Å²) in [6.45, 7) is 16.8. The molecule has 0 unspecified atom stereocenters. The minimum atomic E-state index is -0.170. The first kappa shape index (κ1) is 22.2. The first-order valence-corrected chi connectivity index (χ1v) is 11.3. The van der Waals surface area contributed by atoms with Crippen LogP contribution in [0, 0.1) is 0 Å². The minimum absolute atomic E-state index is 0.0662. The van der Waals surface area contributed by atoms with Crippen LogP contribution in [0.1, 0.15) is 77.3 Å². The van der Waals surface area contributed by atoms with Gasteiger partial charge in [0.1, 0.15) is 22.7 Å². The van der Waals surface area contributed by atoms with Gasteiger partial charge in [-0.1, -0.05) is 51.3 Å². The molecule has 1 aliphatic rings. The van der Waals surface area contributed by atoms with Crippen LogP contribution >= 0.6 is 0 Å². The van der Waals surface area contributed by atoms with Crippen molar-refractivity contribution in [2.45, 2.75) is 77.4 Å². The highest BCUT2D eigenvalue weighted by Crippen LogP contribution is 2.39. The number of benzene rings is 2. The van der Waals surface area contributed by atoms with Crippen LogP contribution in [0.5, 0.6) is 11.5 Å². The van der Waals surface area contributed by atoms with Crippen molar-refractivity contribution in [3.63, 3.8) is 0 Å². The molecule has 0 aromatic heterocycles. The lowest BCUT2D eigenvalue weighted by atomic mass is 9.94. The van der Waals surface area contributed by atoms with Crippen LogP contribution in [-0.2, 0) is 0 Å². The van der Waals surface area contributed by atoms with Crippen molar-refractivity contribution >= 4 is 12.2 Å². The summed E-state index contributed by atoms with van der Waals surface area (Å²) in [5, 5.41) is 0. The maximum atomic E-state index is 6.45. The SMILES string of the molecule is C=Cc1ccc(OC(C)(CC)CC)cc1-c1cc(OC2(C)CCCC2)ccc1C=C. The van der Waals surface area contributed by atoms with Gasteiger partial charge in [0.05, 0.1) is 0 Å². The van der Waals surface area contributed by atoms with Gasteiger partial charge in [-0.15, -0.1) is 0 Å². The van der Waals surface area contributed by atoms with Gasteiger partial charge in [-0.2, -0.15) is 0 Å². The summed E-state index contributed by atoms with van der Waals surface area (Å²) < 4.78 is 12.9. The molecule has 2 aromatic carbocycles. The molecule has 0 spiro atoms. The first-order chi connectivity index (χ1) is 14.3. The highest BCUT2D eigenvalue weighted by atomic mass is 16.5. The molecule has 1 aliphatic carbocycles. The topological polar surface area (TPSA) is 18.5 Å². The molecular weight excluding hydrogens is 368 g/mol. The molecule has 2 heteroatoms. The summed E-state index contributed by atoms with van der Waals surface area (Å²) in [6, 6.07) is 12.6. The maximum Gasteiger partial charge on any atom is 0.120 e. The van der Waals surface area contributed by atoms with Gasteiger partial charge in [-0.25, -0.2) is 0 Å². The summed E-state index contributed by atoms with van der Waals surface area (Å²) in [5.41, 5.74) is 4.10. The van der Waals surface area contributed by atoms with Crippen LogP contribution < -0.4 is 9.47 Å². The smallest absolute Gasteiger partial charge is 0.120 e. The molecule has 3 rings (SSSR count). The molecular formula is C28H36O2. The van der Waals surface area contributed by atoms with Gasteiger partial charge in [0.15, 0.2) is 0 Å². The molecule has 30 heavy (non-hydrogen) atoms. The number of hydrogen-bond acceptors (Lipinski definition) is 2. The van der Waals surface area contributed by atoms with E-state index in [1.807, 2.05) is 18.2 Å². The normalized spacial score (nSPS) is 15.6. The summed E-state index contributed by atoms with van der Waals surface area (Å²) in [7, 11) is 0. The van der Waals surface area contributed by atoms with Crippen LogP contribution in [0.3, 0.4) is 0 Å². The standard InChI is InChI=1S/C28H36O2/c1-7-21-13-15-23(29-27(5,9-3)10-4)19-25(21)26-20-24(16-14-22(26)8-2)30-28(6)17-11-12-18-28/h7-8,13-16,19-20H,1-2,9-12,17-18H2,3-6H3. The Morgan fingerprint density at radius 1 is 0.900 bits per heavy atom. The fourth-order valence-electron chi connectivity index (χ4n) is 4.21. The van der Waals surface area contributed by atoms with Crippen molar-refractivity contribution in [1.82, 2.24) is 0 Å². The van der Waals surface area contributed by atoms with E-state index in [-0.39, 0.29) is 11.2 Å².